The van der Waals surface area contributed by atoms with Crippen LogP contribution in [0.1, 0.15) is 11.1 Å². The second-order valence-electron chi connectivity index (χ2n) is 7.62. The summed E-state index contributed by atoms with van der Waals surface area (Å²) in [4.78, 5) is 12.5. The fourth-order valence-corrected chi connectivity index (χ4v) is 4.16. The average Bonchev–Trinajstić information content (AvgIpc) is 3.30. The summed E-state index contributed by atoms with van der Waals surface area (Å²) in [5, 5.41) is 12.4. The fraction of sp³-hybridized carbons (Fsp3) is 0.192. The van der Waals surface area contributed by atoms with E-state index in [0.717, 1.165) is 33.9 Å². The zero-order chi connectivity index (χ0) is 23.9. The second kappa shape index (κ2) is 10.9. The Kier molecular flexibility index (Phi) is 7.49. The van der Waals surface area contributed by atoms with Crippen molar-refractivity contribution in [2.75, 3.05) is 20.0 Å². The molecular formula is C26H26N4O3S. The first-order valence-electron chi connectivity index (χ1n) is 10.8. The molecule has 174 valence electrons. The summed E-state index contributed by atoms with van der Waals surface area (Å²) in [6.07, 6.45) is 0. The molecule has 1 amide bonds. The molecule has 0 radical (unpaired) electrons. The summed E-state index contributed by atoms with van der Waals surface area (Å²) in [5.74, 6) is 2.37. The van der Waals surface area contributed by atoms with Crippen LogP contribution in [0.15, 0.2) is 78.0 Å². The van der Waals surface area contributed by atoms with Crippen LogP contribution in [0.2, 0.25) is 0 Å². The summed E-state index contributed by atoms with van der Waals surface area (Å²) in [7, 11) is 3.26. The lowest BCUT2D eigenvalue weighted by Gasteiger charge is -2.11. The monoisotopic (exact) mass is 474 g/mol. The topological polar surface area (TPSA) is 78.3 Å². The molecule has 1 aromatic heterocycles. The van der Waals surface area contributed by atoms with Gasteiger partial charge in [-0.3, -0.25) is 9.36 Å². The van der Waals surface area contributed by atoms with E-state index in [1.54, 1.807) is 14.2 Å². The highest BCUT2D eigenvalue weighted by Crippen LogP contribution is 2.29. The maximum Gasteiger partial charge on any atom is 0.230 e. The molecule has 34 heavy (non-hydrogen) atoms. The largest absolute Gasteiger partial charge is 0.497 e. The van der Waals surface area contributed by atoms with Crippen LogP contribution in [0, 0.1) is 6.92 Å². The lowest BCUT2D eigenvalue weighted by Crippen LogP contribution is -2.24. The van der Waals surface area contributed by atoms with Gasteiger partial charge in [0.25, 0.3) is 0 Å². The van der Waals surface area contributed by atoms with Gasteiger partial charge in [-0.1, -0.05) is 41.6 Å². The highest BCUT2D eigenvalue weighted by atomic mass is 32.2. The second-order valence-corrected chi connectivity index (χ2v) is 8.57. The van der Waals surface area contributed by atoms with Crippen molar-refractivity contribution in [3.63, 3.8) is 0 Å². The minimum atomic E-state index is -0.0859. The molecule has 0 atom stereocenters. The highest BCUT2D eigenvalue weighted by molar-refractivity contribution is 7.99. The number of nitrogens with zero attached hydrogens (tertiary/aromatic N) is 3. The number of amides is 1. The number of methoxy groups -OCH3 is 2. The maximum atomic E-state index is 12.5. The zero-order valence-corrected chi connectivity index (χ0v) is 20.1. The Morgan fingerprint density at radius 1 is 0.941 bits per heavy atom. The molecular weight excluding hydrogens is 448 g/mol. The smallest absolute Gasteiger partial charge is 0.230 e. The maximum absolute atomic E-state index is 12.5. The molecule has 4 aromatic rings. The first-order valence-corrected chi connectivity index (χ1v) is 11.8. The molecule has 1 N–H and O–H groups in total. The third-order valence-electron chi connectivity index (χ3n) is 5.23. The normalized spacial score (nSPS) is 10.7. The van der Waals surface area contributed by atoms with Crippen molar-refractivity contribution < 1.29 is 14.3 Å². The van der Waals surface area contributed by atoms with Crippen LogP contribution in [0.4, 0.5) is 0 Å². The third kappa shape index (κ3) is 5.58. The molecule has 3 aromatic carbocycles. The fourth-order valence-electron chi connectivity index (χ4n) is 3.38. The van der Waals surface area contributed by atoms with Crippen molar-refractivity contribution in [1.82, 2.24) is 20.1 Å². The number of benzene rings is 3. The number of nitrogens with one attached hydrogen (secondary N) is 1. The Labute approximate surface area is 203 Å². The Morgan fingerprint density at radius 2 is 1.68 bits per heavy atom. The Bertz CT molecular complexity index is 1250. The summed E-state index contributed by atoms with van der Waals surface area (Å²) in [5.41, 5.74) is 3.97. The predicted molar refractivity (Wildman–Crippen MR) is 134 cm³/mol. The van der Waals surface area contributed by atoms with E-state index in [-0.39, 0.29) is 11.7 Å². The van der Waals surface area contributed by atoms with Gasteiger partial charge in [0, 0.05) is 17.8 Å². The van der Waals surface area contributed by atoms with Gasteiger partial charge in [-0.15, -0.1) is 10.2 Å². The molecule has 4 rings (SSSR count). The lowest BCUT2D eigenvalue weighted by molar-refractivity contribution is -0.118. The number of hydrogen-bond donors (Lipinski definition) is 1. The minimum absolute atomic E-state index is 0.0859. The van der Waals surface area contributed by atoms with E-state index in [9.17, 15) is 4.79 Å². The number of hydrogen-bond acceptors (Lipinski definition) is 6. The van der Waals surface area contributed by atoms with E-state index in [1.165, 1.54) is 11.8 Å². The van der Waals surface area contributed by atoms with Crippen LogP contribution in [-0.4, -0.2) is 40.6 Å². The Morgan fingerprint density at radius 3 is 2.38 bits per heavy atom. The number of rotatable bonds is 9. The van der Waals surface area contributed by atoms with Crippen molar-refractivity contribution in [2.24, 2.45) is 0 Å². The van der Waals surface area contributed by atoms with Gasteiger partial charge in [-0.2, -0.15) is 0 Å². The van der Waals surface area contributed by atoms with Crippen LogP contribution < -0.4 is 14.8 Å². The third-order valence-corrected chi connectivity index (χ3v) is 6.16. The van der Waals surface area contributed by atoms with Crippen molar-refractivity contribution >= 4 is 17.7 Å². The molecule has 0 aliphatic rings. The first kappa shape index (κ1) is 23.4. The van der Waals surface area contributed by atoms with E-state index in [2.05, 4.69) is 15.5 Å². The van der Waals surface area contributed by atoms with Gasteiger partial charge in [0.05, 0.1) is 20.0 Å². The first-order chi connectivity index (χ1) is 16.6. The van der Waals surface area contributed by atoms with Crippen LogP contribution in [0.25, 0.3) is 17.1 Å². The molecule has 8 heteroatoms. The minimum Gasteiger partial charge on any atom is -0.497 e. The highest BCUT2D eigenvalue weighted by Gasteiger charge is 2.17. The molecule has 0 unspecified atom stereocenters. The molecule has 7 nitrogen and oxygen atoms in total. The van der Waals surface area contributed by atoms with E-state index in [1.807, 2.05) is 84.3 Å². The molecule has 0 aliphatic heterocycles. The van der Waals surface area contributed by atoms with Gasteiger partial charge in [-0.05, 0) is 61.0 Å². The van der Waals surface area contributed by atoms with Crippen molar-refractivity contribution in [3.8, 4) is 28.6 Å². The zero-order valence-electron chi connectivity index (χ0n) is 19.3. The number of carbonyl (C=O) groups excluding carboxylic acids is 1. The quantitative estimate of drug-likeness (QED) is 0.355. The van der Waals surface area contributed by atoms with Gasteiger partial charge >= 0.3 is 0 Å². The number of ether oxygens (including phenoxy) is 2. The number of carbonyl (C=O) groups is 1. The van der Waals surface area contributed by atoms with Crippen LogP contribution in [0.5, 0.6) is 11.5 Å². The van der Waals surface area contributed by atoms with Gasteiger partial charge in [-0.25, -0.2) is 0 Å². The average molecular weight is 475 g/mol. The van der Waals surface area contributed by atoms with E-state index in [4.69, 9.17) is 9.47 Å². The standard InChI is InChI=1S/C26H26N4O3S/c1-18-7-11-21(12-8-18)30-25(20-9-13-22(32-2)14-10-20)28-29-26(30)34-17-24(31)27-16-19-5-4-6-23(15-19)33-3/h4-15H,16-17H2,1-3H3,(H,27,31). The summed E-state index contributed by atoms with van der Waals surface area (Å²) < 4.78 is 12.5. The Balaban J connectivity index is 1.52. The Hall–Kier alpha value is -3.78. The molecule has 0 saturated heterocycles. The predicted octanol–water partition coefficient (Wildman–Crippen LogP) is 4.67. The molecule has 0 spiro atoms. The summed E-state index contributed by atoms with van der Waals surface area (Å²) in [6.45, 7) is 2.47. The van der Waals surface area contributed by atoms with Gasteiger partial charge in [0.15, 0.2) is 11.0 Å². The van der Waals surface area contributed by atoms with Crippen LogP contribution in [0.3, 0.4) is 0 Å². The SMILES string of the molecule is COc1ccc(-c2nnc(SCC(=O)NCc3cccc(OC)c3)n2-c2ccc(C)cc2)cc1. The van der Waals surface area contributed by atoms with Crippen molar-refractivity contribution in [3.05, 3.63) is 83.9 Å². The van der Waals surface area contributed by atoms with Gasteiger partial charge in [0.1, 0.15) is 11.5 Å². The van der Waals surface area contributed by atoms with Gasteiger partial charge in [0.2, 0.25) is 5.91 Å². The lowest BCUT2D eigenvalue weighted by atomic mass is 10.2. The van der Waals surface area contributed by atoms with Crippen LogP contribution >= 0.6 is 11.8 Å². The molecule has 0 bridgehead atoms. The van der Waals surface area contributed by atoms with E-state index < -0.39 is 0 Å². The van der Waals surface area contributed by atoms with Crippen molar-refractivity contribution in [2.45, 2.75) is 18.6 Å². The number of thioether (sulfide) groups is 1. The van der Waals surface area contributed by atoms with E-state index >= 15 is 0 Å². The van der Waals surface area contributed by atoms with Crippen LogP contribution in [-0.2, 0) is 11.3 Å². The van der Waals surface area contributed by atoms with Crippen molar-refractivity contribution in [1.29, 1.82) is 0 Å². The summed E-state index contributed by atoms with van der Waals surface area (Å²) in [6, 6.07) is 23.4. The molecule has 0 aliphatic carbocycles. The van der Waals surface area contributed by atoms with Gasteiger partial charge < -0.3 is 14.8 Å². The summed E-state index contributed by atoms with van der Waals surface area (Å²) >= 11 is 1.35. The number of aryl methyl sites for hydroxylation is 1. The molecule has 1 heterocycles. The molecule has 0 fully saturated rings. The van der Waals surface area contributed by atoms with E-state index in [0.29, 0.717) is 17.5 Å². The number of aromatic nitrogens is 3. The molecule has 0 saturated carbocycles.